The molecule has 5 heteroatoms. The molecule has 2 aromatic rings. The Labute approximate surface area is 184 Å². The number of benzene rings is 2. The Balaban J connectivity index is 1.52. The summed E-state index contributed by atoms with van der Waals surface area (Å²) in [6, 6.07) is 12.5. The molecule has 31 heavy (non-hydrogen) atoms. The van der Waals surface area contributed by atoms with Crippen molar-refractivity contribution in [2.75, 3.05) is 37.8 Å². The lowest BCUT2D eigenvalue weighted by Gasteiger charge is -2.24. The molecule has 0 aromatic heterocycles. The summed E-state index contributed by atoms with van der Waals surface area (Å²) in [5.74, 6) is 0.0173. The molecule has 0 unspecified atom stereocenters. The van der Waals surface area contributed by atoms with Gasteiger partial charge in [-0.05, 0) is 78.3 Å². The molecule has 1 N–H and O–H groups in total. The summed E-state index contributed by atoms with van der Waals surface area (Å²) in [6.07, 6.45) is 6.59. The van der Waals surface area contributed by atoms with E-state index in [4.69, 9.17) is 9.47 Å². The molecule has 0 saturated heterocycles. The molecule has 0 aliphatic carbocycles. The molecule has 0 radical (unpaired) electrons. The average Bonchev–Trinajstić information content (AvgIpc) is 3.17. The van der Waals surface area contributed by atoms with Gasteiger partial charge in [-0.15, -0.1) is 0 Å². The fraction of sp³-hybridized carbons (Fsp3) is 0.423. The second-order valence-electron chi connectivity index (χ2n) is 8.23. The average molecular weight is 422 g/mol. The van der Waals surface area contributed by atoms with Crippen molar-refractivity contribution in [3.05, 3.63) is 53.1 Å². The highest BCUT2D eigenvalue weighted by Crippen LogP contribution is 2.39. The van der Waals surface area contributed by atoms with E-state index in [0.717, 1.165) is 67.8 Å². The van der Waals surface area contributed by atoms with Gasteiger partial charge in [0.05, 0.1) is 6.61 Å². The number of ether oxygens (including phenoxy) is 2. The van der Waals surface area contributed by atoms with Crippen molar-refractivity contribution >= 4 is 17.7 Å². The van der Waals surface area contributed by atoms with E-state index >= 15 is 0 Å². The Bertz CT molecular complexity index is 949. The van der Waals surface area contributed by atoms with Gasteiger partial charge in [0, 0.05) is 31.0 Å². The third-order valence-corrected chi connectivity index (χ3v) is 5.99. The molecule has 5 nitrogen and oxygen atoms in total. The zero-order valence-corrected chi connectivity index (χ0v) is 18.2. The summed E-state index contributed by atoms with van der Waals surface area (Å²) in [7, 11) is 0. The van der Waals surface area contributed by atoms with Gasteiger partial charge in [0.25, 0.3) is 0 Å². The Morgan fingerprint density at radius 2 is 1.87 bits per heavy atom. The van der Waals surface area contributed by atoms with E-state index in [-0.39, 0.29) is 0 Å². The number of rotatable bonds is 9. The van der Waals surface area contributed by atoms with Crippen molar-refractivity contribution in [2.45, 2.75) is 39.0 Å². The molecule has 2 heterocycles. The first-order valence-electron chi connectivity index (χ1n) is 11.3. The molecule has 2 aliphatic heterocycles. The number of carbonyl (C=O) groups is 1. The Kier molecular flexibility index (Phi) is 6.92. The van der Waals surface area contributed by atoms with Crippen LogP contribution in [0.4, 0.5) is 5.69 Å². The first-order chi connectivity index (χ1) is 15.2. The second-order valence-corrected chi connectivity index (χ2v) is 8.23. The Morgan fingerprint density at radius 1 is 1.03 bits per heavy atom. The van der Waals surface area contributed by atoms with E-state index in [9.17, 15) is 9.90 Å². The molecule has 2 aliphatic rings. The van der Waals surface area contributed by atoms with E-state index in [1.807, 2.05) is 18.2 Å². The summed E-state index contributed by atoms with van der Waals surface area (Å²) in [6.45, 7) is 6.01. The van der Waals surface area contributed by atoms with Gasteiger partial charge in [-0.3, -0.25) is 0 Å². The van der Waals surface area contributed by atoms with Crippen molar-refractivity contribution in [2.24, 2.45) is 0 Å². The number of aliphatic carboxylic acids is 1. The van der Waals surface area contributed by atoms with Gasteiger partial charge in [0.2, 0.25) is 0 Å². The maximum atomic E-state index is 11.7. The number of unbranched alkanes of at least 4 members (excludes halogenated alkanes) is 1. The molecule has 0 spiro atoms. The van der Waals surface area contributed by atoms with Gasteiger partial charge < -0.3 is 19.5 Å². The van der Waals surface area contributed by atoms with Gasteiger partial charge in [-0.1, -0.05) is 25.5 Å². The van der Waals surface area contributed by atoms with E-state index in [0.29, 0.717) is 25.2 Å². The van der Waals surface area contributed by atoms with Crippen molar-refractivity contribution in [1.82, 2.24) is 0 Å². The van der Waals surface area contributed by atoms with Crippen molar-refractivity contribution in [3.63, 3.8) is 0 Å². The van der Waals surface area contributed by atoms with Gasteiger partial charge in [0.1, 0.15) is 12.4 Å². The molecule has 164 valence electrons. The summed E-state index contributed by atoms with van der Waals surface area (Å²) >= 11 is 0. The highest BCUT2D eigenvalue weighted by Gasteiger charge is 2.25. The lowest BCUT2D eigenvalue weighted by Crippen LogP contribution is -2.23. The van der Waals surface area contributed by atoms with Crippen LogP contribution in [0.1, 0.15) is 43.7 Å². The smallest absolute Gasteiger partial charge is 0.331 e. The minimum Gasteiger partial charge on any atom is -0.491 e. The SMILES string of the molecule is CCCCOCCOc1ccc(-c2cc3c4c(c2)CCN4CCC/C(C(=O)O)=C\3)cc1. The topological polar surface area (TPSA) is 59.0 Å². The molecule has 4 rings (SSSR count). The summed E-state index contributed by atoms with van der Waals surface area (Å²) in [5, 5.41) is 9.57. The number of carboxylic acid groups (broad SMARTS) is 1. The van der Waals surface area contributed by atoms with Crippen LogP contribution in [0.25, 0.3) is 17.2 Å². The maximum Gasteiger partial charge on any atom is 0.331 e. The number of hydrogen-bond donors (Lipinski definition) is 1. The molecule has 2 aromatic carbocycles. The normalized spacial score (nSPS) is 16.8. The lowest BCUT2D eigenvalue weighted by atomic mass is 9.95. The highest BCUT2D eigenvalue weighted by molar-refractivity contribution is 5.94. The largest absolute Gasteiger partial charge is 0.491 e. The molecule has 0 amide bonds. The maximum absolute atomic E-state index is 11.7. The third kappa shape index (κ3) is 5.10. The van der Waals surface area contributed by atoms with E-state index in [2.05, 4.69) is 36.1 Å². The molecular formula is C26H31NO4. The minimum absolute atomic E-state index is 0.496. The number of carboxylic acids is 1. The number of anilines is 1. The number of nitrogens with zero attached hydrogens (tertiary/aromatic N) is 1. The Morgan fingerprint density at radius 3 is 2.65 bits per heavy atom. The Hall–Kier alpha value is -2.79. The fourth-order valence-electron chi connectivity index (χ4n) is 4.36. The first-order valence-corrected chi connectivity index (χ1v) is 11.3. The highest BCUT2D eigenvalue weighted by atomic mass is 16.5. The first kappa shape index (κ1) is 21.4. The van der Waals surface area contributed by atoms with E-state index in [1.165, 1.54) is 11.3 Å². The van der Waals surface area contributed by atoms with Crippen LogP contribution in [0.15, 0.2) is 42.0 Å². The van der Waals surface area contributed by atoms with Gasteiger partial charge in [-0.2, -0.15) is 0 Å². The van der Waals surface area contributed by atoms with Crippen LogP contribution in [0.5, 0.6) is 5.75 Å². The van der Waals surface area contributed by atoms with E-state index < -0.39 is 5.97 Å². The quantitative estimate of drug-likeness (QED) is 0.566. The standard InChI is InChI=1S/C26H31NO4/c1-2-3-13-30-14-15-31-24-8-6-19(7-9-24)22-16-20-10-12-27-11-4-5-21(26(28)29)17-23(18-22)25(20)27/h6-9,16-18H,2-5,10-15H2,1H3,(H,28,29)/b21-17+. The predicted octanol–water partition coefficient (Wildman–Crippen LogP) is 5.17. The van der Waals surface area contributed by atoms with Crippen LogP contribution in [0.3, 0.4) is 0 Å². The molecule has 0 saturated carbocycles. The van der Waals surface area contributed by atoms with Crippen LogP contribution >= 0.6 is 0 Å². The van der Waals surface area contributed by atoms with Crippen LogP contribution in [-0.4, -0.2) is 44.0 Å². The third-order valence-electron chi connectivity index (χ3n) is 5.99. The van der Waals surface area contributed by atoms with Crippen LogP contribution < -0.4 is 9.64 Å². The van der Waals surface area contributed by atoms with Crippen LogP contribution in [-0.2, 0) is 16.0 Å². The summed E-state index contributed by atoms with van der Waals surface area (Å²) in [5.41, 5.74) is 6.26. The predicted molar refractivity (Wildman–Crippen MR) is 124 cm³/mol. The van der Waals surface area contributed by atoms with Crippen molar-refractivity contribution < 1.29 is 19.4 Å². The zero-order valence-electron chi connectivity index (χ0n) is 18.2. The van der Waals surface area contributed by atoms with Crippen LogP contribution in [0.2, 0.25) is 0 Å². The lowest BCUT2D eigenvalue weighted by molar-refractivity contribution is -0.132. The van der Waals surface area contributed by atoms with E-state index in [1.54, 1.807) is 0 Å². The molecule has 0 bridgehead atoms. The van der Waals surface area contributed by atoms with Crippen molar-refractivity contribution in [1.29, 1.82) is 0 Å². The monoisotopic (exact) mass is 421 g/mol. The van der Waals surface area contributed by atoms with Crippen molar-refractivity contribution in [3.8, 4) is 16.9 Å². The molecule has 0 fully saturated rings. The summed E-state index contributed by atoms with van der Waals surface area (Å²) in [4.78, 5) is 14.1. The fourth-order valence-corrected chi connectivity index (χ4v) is 4.36. The second kappa shape index (κ2) is 10.0. The van der Waals surface area contributed by atoms with Crippen LogP contribution in [0, 0.1) is 0 Å². The zero-order chi connectivity index (χ0) is 21.6. The molecule has 0 atom stereocenters. The van der Waals surface area contributed by atoms with Gasteiger partial charge in [0.15, 0.2) is 0 Å². The van der Waals surface area contributed by atoms with Gasteiger partial charge in [-0.25, -0.2) is 4.79 Å². The summed E-state index contributed by atoms with van der Waals surface area (Å²) < 4.78 is 11.3. The van der Waals surface area contributed by atoms with Gasteiger partial charge >= 0.3 is 5.97 Å². The minimum atomic E-state index is -0.814. The molecular weight excluding hydrogens is 390 g/mol. The number of hydrogen-bond acceptors (Lipinski definition) is 4.